The maximum atomic E-state index is 11.4. The topological polar surface area (TPSA) is 65.7 Å². The first-order chi connectivity index (χ1) is 10.5. The summed E-state index contributed by atoms with van der Waals surface area (Å²) in [5.74, 6) is 0.137. The van der Waals surface area contributed by atoms with Crippen LogP contribution in [0.25, 0.3) is 11.0 Å². The first kappa shape index (κ1) is 15.8. The molecule has 0 aliphatic carbocycles. The Balaban J connectivity index is 1.97. The van der Waals surface area contributed by atoms with Gasteiger partial charge in [0.05, 0.1) is 0 Å². The molecule has 1 aromatic heterocycles. The average Bonchev–Trinajstić information content (AvgIpc) is 2.49. The molecule has 2 rings (SSSR count). The van der Waals surface area contributed by atoms with Crippen LogP contribution in [-0.4, -0.2) is 19.2 Å². The van der Waals surface area contributed by atoms with Gasteiger partial charge in [-0.1, -0.05) is 13.5 Å². The van der Waals surface area contributed by atoms with Crippen LogP contribution in [0.4, 0.5) is 0 Å². The zero-order valence-electron chi connectivity index (χ0n) is 12.7. The highest BCUT2D eigenvalue weighted by Gasteiger charge is 2.07. The molecule has 0 radical (unpaired) electrons. The second-order valence-electron chi connectivity index (χ2n) is 4.85. The Kier molecular flexibility index (Phi) is 4.99. The summed E-state index contributed by atoms with van der Waals surface area (Å²) in [4.78, 5) is 22.8. The van der Waals surface area contributed by atoms with E-state index in [2.05, 4.69) is 6.58 Å². The summed E-state index contributed by atoms with van der Waals surface area (Å²) in [6.45, 7) is 7.63. The Hall–Kier alpha value is -2.56. The van der Waals surface area contributed by atoms with Crippen LogP contribution in [0.2, 0.25) is 0 Å². The quantitative estimate of drug-likeness (QED) is 0.355. The molecule has 0 aliphatic rings. The predicted molar refractivity (Wildman–Crippen MR) is 83.1 cm³/mol. The summed E-state index contributed by atoms with van der Waals surface area (Å²) < 4.78 is 15.6. The van der Waals surface area contributed by atoms with Gasteiger partial charge >= 0.3 is 11.6 Å². The molecule has 0 saturated heterocycles. The zero-order valence-corrected chi connectivity index (χ0v) is 12.7. The Morgan fingerprint density at radius 3 is 2.77 bits per heavy atom. The van der Waals surface area contributed by atoms with Crippen molar-refractivity contribution in [1.82, 2.24) is 0 Å². The lowest BCUT2D eigenvalue weighted by Gasteiger charge is -2.08. The molecule has 2 aromatic rings. The molecule has 116 valence electrons. The van der Waals surface area contributed by atoms with Crippen molar-refractivity contribution < 1.29 is 18.7 Å². The van der Waals surface area contributed by atoms with Crippen LogP contribution in [0.3, 0.4) is 0 Å². The number of rotatable bonds is 6. The van der Waals surface area contributed by atoms with Crippen LogP contribution in [0.15, 0.2) is 45.6 Å². The van der Waals surface area contributed by atoms with Crippen molar-refractivity contribution in [2.24, 2.45) is 0 Å². The molecule has 0 atom stereocenters. The van der Waals surface area contributed by atoms with E-state index in [0.29, 0.717) is 23.3 Å². The Labute approximate surface area is 128 Å². The standard InChI is InChI=1S/C17H18O5/c1-4-11(2)17(19)21-8-7-20-13-5-6-14-12(3)9-16(18)22-15(14)10-13/h5-6,9-10H,2,4,7-8H2,1,3H3. The minimum Gasteiger partial charge on any atom is -0.490 e. The number of ether oxygens (including phenoxy) is 2. The van der Waals surface area contributed by atoms with Gasteiger partial charge in [0.15, 0.2) is 0 Å². The van der Waals surface area contributed by atoms with Crippen molar-refractivity contribution in [3.63, 3.8) is 0 Å². The van der Waals surface area contributed by atoms with Crippen LogP contribution in [0, 0.1) is 6.92 Å². The van der Waals surface area contributed by atoms with Gasteiger partial charge in [0, 0.05) is 23.1 Å². The van der Waals surface area contributed by atoms with E-state index in [1.54, 1.807) is 12.1 Å². The fourth-order valence-corrected chi connectivity index (χ4v) is 1.94. The lowest BCUT2D eigenvalue weighted by Crippen LogP contribution is -2.13. The molecule has 5 heteroatoms. The Morgan fingerprint density at radius 2 is 2.05 bits per heavy atom. The minimum absolute atomic E-state index is 0.133. The van der Waals surface area contributed by atoms with Crippen molar-refractivity contribution >= 4 is 16.9 Å². The number of benzene rings is 1. The lowest BCUT2D eigenvalue weighted by molar-refractivity contribution is -0.139. The predicted octanol–water partition coefficient (Wildman–Crippen LogP) is 2.99. The SMILES string of the molecule is C=C(CC)C(=O)OCCOc1ccc2c(C)cc(=O)oc2c1. The molecular weight excluding hydrogens is 284 g/mol. The van der Waals surface area contributed by atoms with Crippen molar-refractivity contribution in [3.8, 4) is 5.75 Å². The molecule has 0 bridgehead atoms. The van der Waals surface area contributed by atoms with Gasteiger partial charge in [-0.3, -0.25) is 0 Å². The molecule has 1 heterocycles. The van der Waals surface area contributed by atoms with Gasteiger partial charge in [-0.2, -0.15) is 0 Å². The van der Waals surface area contributed by atoms with E-state index in [4.69, 9.17) is 13.9 Å². The van der Waals surface area contributed by atoms with E-state index < -0.39 is 11.6 Å². The van der Waals surface area contributed by atoms with Gasteiger partial charge in [0.1, 0.15) is 24.5 Å². The van der Waals surface area contributed by atoms with E-state index in [9.17, 15) is 9.59 Å². The lowest BCUT2D eigenvalue weighted by atomic mass is 10.1. The molecule has 0 aliphatic heterocycles. The zero-order chi connectivity index (χ0) is 16.1. The van der Waals surface area contributed by atoms with Crippen LogP contribution in [0.1, 0.15) is 18.9 Å². The van der Waals surface area contributed by atoms with Gasteiger partial charge in [0.25, 0.3) is 0 Å². The highest BCUT2D eigenvalue weighted by molar-refractivity contribution is 5.87. The Morgan fingerprint density at radius 1 is 1.27 bits per heavy atom. The largest absolute Gasteiger partial charge is 0.490 e. The smallest absolute Gasteiger partial charge is 0.336 e. The van der Waals surface area contributed by atoms with E-state index in [1.807, 2.05) is 19.9 Å². The third kappa shape index (κ3) is 3.75. The normalized spacial score (nSPS) is 10.5. The highest BCUT2D eigenvalue weighted by atomic mass is 16.6. The van der Waals surface area contributed by atoms with Crippen molar-refractivity contribution in [2.45, 2.75) is 20.3 Å². The van der Waals surface area contributed by atoms with Crippen molar-refractivity contribution in [1.29, 1.82) is 0 Å². The first-order valence-corrected chi connectivity index (χ1v) is 7.03. The summed E-state index contributed by atoms with van der Waals surface area (Å²) >= 11 is 0. The maximum Gasteiger partial charge on any atom is 0.336 e. The fraction of sp³-hybridized carbons (Fsp3) is 0.294. The van der Waals surface area contributed by atoms with E-state index in [-0.39, 0.29) is 13.2 Å². The molecule has 5 nitrogen and oxygen atoms in total. The second-order valence-corrected chi connectivity index (χ2v) is 4.85. The molecule has 22 heavy (non-hydrogen) atoms. The average molecular weight is 302 g/mol. The number of hydrogen-bond donors (Lipinski definition) is 0. The van der Waals surface area contributed by atoms with Gasteiger partial charge in [-0.15, -0.1) is 0 Å². The summed E-state index contributed by atoms with van der Waals surface area (Å²) in [5.41, 5.74) is 1.36. The van der Waals surface area contributed by atoms with E-state index in [1.165, 1.54) is 6.07 Å². The Bertz CT molecular complexity index is 757. The fourth-order valence-electron chi connectivity index (χ4n) is 1.94. The van der Waals surface area contributed by atoms with Crippen LogP contribution < -0.4 is 10.4 Å². The summed E-state index contributed by atoms with van der Waals surface area (Å²) in [6.07, 6.45) is 0.558. The summed E-state index contributed by atoms with van der Waals surface area (Å²) in [6, 6.07) is 6.70. The van der Waals surface area contributed by atoms with Crippen LogP contribution in [-0.2, 0) is 9.53 Å². The molecule has 0 unspecified atom stereocenters. The molecule has 1 aromatic carbocycles. The van der Waals surface area contributed by atoms with Gasteiger partial charge < -0.3 is 13.9 Å². The molecule has 0 spiro atoms. The van der Waals surface area contributed by atoms with E-state index >= 15 is 0 Å². The minimum atomic E-state index is -0.411. The monoisotopic (exact) mass is 302 g/mol. The maximum absolute atomic E-state index is 11.4. The molecule has 0 saturated carbocycles. The molecule has 0 amide bonds. The molecule has 0 N–H and O–H groups in total. The van der Waals surface area contributed by atoms with Crippen molar-refractivity contribution in [3.05, 3.63) is 52.4 Å². The number of esters is 1. The van der Waals surface area contributed by atoms with Gasteiger partial charge in [-0.25, -0.2) is 9.59 Å². The number of aryl methyl sites for hydroxylation is 1. The number of carbonyl (C=O) groups excluding carboxylic acids is 1. The van der Waals surface area contributed by atoms with Crippen LogP contribution in [0.5, 0.6) is 5.75 Å². The number of hydrogen-bond acceptors (Lipinski definition) is 5. The number of carbonyl (C=O) groups is 1. The third-order valence-electron chi connectivity index (χ3n) is 3.22. The van der Waals surface area contributed by atoms with Gasteiger partial charge in [0.2, 0.25) is 0 Å². The molecule has 0 fully saturated rings. The number of fused-ring (bicyclic) bond motifs is 1. The highest BCUT2D eigenvalue weighted by Crippen LogP contribution is 2.22. The third-order valence-corrected chi connectivity index (χ3v) is 3.22. The first-order valence-electron chi connectivity index (χ1n) is 7.03. The second kappa shape index (κ2) is 6.93. The van der Waals surface area contributed by atoms with Crippen LogP contribution >= 0.6 is 0 Å². The van der Waals surface area contributed by atoms with Gasteiger partial charge in [-0.05, 0) is 31.0 Å². The summed E-state index contributed by atoms with van der Waals surface area (Å²) in [5, 5.41) is 0.859. The van der Waals surface area contributed by atoms with Crippen molar-refractivity contribution in [2.75, 3.05) is 13.2 Å². The summed E-state index contributed by atoms with van der Waals surface area (Å²) in [7, 11) is 0. The van der Waals surface area contributed by atoms with E-state index in [0.717, 1.165) is 10.9 Å². The molecular formula is C17H18O5.